The molecule has 5 nitrogen and oxygen atoms in total. The van der Waals surface area contributed by atoms with E-state index in [9.17, 15) is 4.39 Å². The minimum atomic E-state index is -0.257. The summed E-state index contributed by atoms with van der Waals surface area (Å²) >= 11 is 0. The number of hydrogen-bond acceptors (Lipinski definition) is 2. The molecule has 34 heavy (non-hydrogen) atoms. The first kappa shape index (κ1) is 21.9. The summed E-state index contributed by atoms with van der Waals surface area (Å²) in [4.78, 5) is 5.07. The first-order valence-electron chi connectivity index (χ1n) is 11.4. The van der Waals surface area contributed by atoms with E-state index in [4.69, 9.17) is 4.98 Å². The average Bonchev–Trinajstić information content (AvgIpc) is 3.53. The van der Waals surface area contributed by atoms with Crippen LogP contribution in [-0.4, -0.2) is 23.9 Å². The van der Waals surface area contributed by atoms with Crippen LogP contribution in [0, 0.1) is 33.5 Å². The molecule has 0 spiro atoms. The fraction of sp³-hybridized carbons (Fsp3) is 0.214. The van der Waals surface area contributed by atoms with Crippen molar-refractivity contribution >= 4 is 0 Å². The van der Waals surface area contributed by atoms with E-state index >= 15 is 0 Å². The lowest BCUT2D eigenvalue weighted by Crippen LogP contribution is -2.10. The summed E-state index contributed by atoms with van der Waals surface area (Å²) in [6, 6.07) is 19.2. The highest BCUT2D eigenvalue weighted by molar-refractivity contribution is 5.46. The molecule has 4 aromatic heterocycles. The Morgan fingerprint density at radius 3 is 1.71 bits per heavy atom. The van der Waals surface area contributed by atoms with Gasteiger partial charge < -0.3 is 9.13 Å². The van der Waals surface area contributed by atoms with E-state index in [1.165, 1.54) is 12.1 Å². The van der Waals surface area contributed by atoms with Crippen molar-refractivity contribution in [1.82, 2.24) is 23.9 Å². The largest absolute Gasteiger partial charge is 0.303 e. The van der Waals surface area contributed by atoms with Gasteiger partial charge >= 0.3 is 0 Å². The summed E-state index contributed by atoms with van der Waals surface area (Å²) < 4.78 is 19.5. The Hall–Kier alpha value is -3.93. The van der Waals surface area contributed by atoms with Gasteiger partial charge in [0, 0.05) is 34.9 Å². The number of hydrogen-bond donors (Lipinski definition) is 0. The molecule has 0 bridgehead atoms. The molecule has 0 radical (unpaired) electrons. The number of pyridine rings is 1. The third-order valence-electron chi connectivity index (χ3n) is 6.51. The molecule has 0 amide bonds. The minimum absolute atomic E-state index is 0.0852. The number of halogens is 1. The van der Waals surface area contributed by atoms with Gasteiger partial charge in [-0.25, -0.2) is 14.1 Å². The fourth-order valence-electron chi connectivity index (χ4n) is 4.55. The second-order valence-electron chi connectivity index (χ2n) is 8.94. The third-order valence-corrected chi connectivity index (χ3v) is 6.51. The molecule has 1 unspecified atom stereocenters. The Morgan fingerprint density at radius 1 is 0.706 bits per heavy atom. The molecule has 1 atom stereocenters. The Morgan fingerprint density at radius 2 is 1.21 bits per heavy atom. The molecule has 0 aliphatic rings. The van der Waals surface area contributed by atoms with Gasteiger partial charge in [-0.2, -0.15) is 5.10 Å². The van der Waals surface area contributed by atoms with Gasteiger partial charge in [-0.3, -0.25) is 0 Å². The highest BCUT2D eigenvalue weighted by Gasteiger charge is 2.18. The molecule has 0 fully saturated rings. The summed E-state index contributed by atoms with van der Waals surface area (Å²) in [5, 5.41) is 4.53. The van der Waals surface area contributed by atoms with E-state index in [1.807, 2.05) is 12.4 Å². The molecular formula is C28H28FN5. The molecule has 172 valence electrons. The van der Waals surface area contributed by atoms with Crippen molar-refractivity contribution in [1.29, 1.82) is 0 Å². The summed E-state index contributed by atoms with van der Waals surface area (Å²) in [6.45, 7) is 10.6. The molecule has 0 aliphatic heterocycles. The first-order valence-corrected chi connectivity index (χ1v) is 11.4. The van der Waals surface area contributed by atoms with Crippen molar-refractivity contribution in [2.24, 2.45) is 0 Å². The number of rotatable bonds is 5. The molecule has 6 heteroatoms. The van der Waals surface area contributed by atoms with Gasteiger partial charge in [-0.15, -0.1) is 0 Å². The molecule has 5 aromatic rings. The van der Waals surface area contributed by atoms with Gasteiger partial charge in [0.2, 0.25) is 0 Å². The van der Waals surface area contributed by atoms with Gasteiger partial charge in [0.15, 0.2) is 0 Å². The molecule has 1 aromatic carbocycles. The lowest BCUT2D eigenvalue weighted by Gasteiger charge is -2.18. The Labute approximate surface area is 199 Å². The lowest BCUT2D eigenvalue weighted by atomic mass is 9.96. The van der Waals surface area contributed by atoms with E-state index < -0.39 is 0 Å². The molecule has 0 N–H and O–H groups in total. The Kier molecular flexibility index (Phi) is 5.44. The normalized spacial score (nSPS) is 12.3. The highest BCUT2D eigenvalue weighted by Crippen LogP contribution is 2.29. The molecule has 4 heterocycles. The van der Waals surface area contributed by atoms with Crippen molar-refractivity contribution in [2.75, 3.05) is 0 Å². The van der Waals surface area contributed by atoms with Crippen LogP contribution in [0.25, 0.3) is 17.3 Å². The second kappa shape index (κ2) is 8.45. The van der Waals surface area contributed by atoms with Crippen LogP contribution in [-0.2, 0) is 0 Å². The zero-order valence-corrected chi connectivity index (χ0v) is 20.1. The summed E-state index contributed by atoms with van der Waals surface area (Å²) in [6.07, 6.45) is 3.89. The van der Waals surface area contributed by atoms with Gasteiger partial charge in [-0.1, -0.05) is 6.92 Å². The predicted molar refractivity (Wildman–Crippen MR) is 133 cm³/mol. The van der Waals surface area contributed by atoms with Crippen LogP contribution in [0.4, 0.5) is 4.39 Å². The average molecular weight is 454 g/mol. The topological polar surface area (TPSA) is 40.6 Å². The quantitative estimate of drug-likeness (QED) is 0.310. The number of aromatic nitrogens is 5. The Balaban J connectivity index is 1.61. The smallest absolute Gasteiger partial charge is 0.139 e. The third kappa shape index (κ3) is 3.85. The Bertz CT molecular complexity index is 1370. The van der Waals surface area contributed by atoms with Gasteiger partial charge in [-0.05, 0) is 99.5 Å². The van der Waals surface area contributed by atoms with Crippen LogP contribution in [0.5, 0.6) is 0 Å². The van der Waals surface area contributed by atoms with Crippen LogP contribution in [0.2, 0.25) is 0 Å². The molecule has 0 saturated heterocycles. The van der Waals surface area contributed by atoms with E-state index in [2.05, 4.69) is 85.2 Å². The molecule has 0 aliphatic carbocycles. The van der Waals surface area contributed by atoms with E-state index in [-0.39, 0.29) is 11.7 Å². The van der Waals surface area contributed by atoms with Crippen LogP contribution in [0.3, 0.4) is 0 Å². The maximum absolute atomic E-state index is 13.3. The molecule has 5 rings (SSSR count). The van der Waals surface area contributed by atoms with Crippen LogP contribution >= 0.6 is 0 Å². The molecule has 0 saturated carbocycles. The van der Waals surface area contributed by atoms with E-state index in [0.717, 1.165) is 51.2 Å². The fourth-order valence-corrected chi connectivity index (χ4v) is 4.55. The van der Waals surface area contributed by atoms with Crippen molar-refractivity contribution in [3.8, 4) is 17.3 Å². The molecular weight excluding hydrogens is 425 g/mol. The zero-order valence-electron chi connectivity index (χ0n) is 20.1. The van der Waals surface area contributed by atoms with E-state index in [0.29, 0.717) is 0 Å². The van der Waals surface area contributed by atoms with Gasteiger partial charge in [0.1, 0.15) is 17.5 Å². The second-order valence-corrected chi connectivity index (χ2v) is 8.94. The summed E-state index contributed by atoms with van der Waals surface area (Å²) in [7, 11) is 0. The van der Waals surface area contributed by atoms with Crippen LogP contribution < -0.4 is 0 Å². The van der Waals surface area contributed by atoms with Crippen molar-refractivity contribution in [2.45, 2.75) is 40.5 Å². The SMILES string of the molecule is Cc1ccc(C)n1-c1cc(C(C)c2cnn(-c3ccc(F)cc3)c2)cc(-n2c(C)ccc2C)n1. The number of nitrogens with zero attached hydrogens (tertiary/aromatic N) is 5. The highest BCUT2D eigenvalue weighted by atomic mass is 19.1. The summed E-state index contributed by atoms with van der Waals surface area (Å²) in [5.74, 6) is 1.63. The van der Waals surface area contributed by atoms with Crippen molar-refractivity contribution in [3.63, 3.8) is 0 Å². The van der Waals surface area contributed by atoms with E-state index in [1.54, 1.807) is 16.8 Å². The maximum Gasteiger partial charge on any atom is 0.139 e. The summed E-state index contributed by atoms with van der Waals surface area (Å²) in [5.41, 5.74) is 7.63. The first-order chi connectivity index (χ1) is 16.3. The maximum atomic E-state index is 13.3. The minimum Gasteiger partial charge on any atom is -0.303 e. The van der Waals surface area contributed by atoms with Gasteiger partial charge in [0.05, 0.1) is 11.9 Å². The monoisotopic (exact) mass is 453 g/mol. The zero-order chi connectivity index (χ0) is 24.0. The number of benzene rings is 1. The van der Waals surface area contributed by atoms with Crippen molar-refractivity contribution < 1.29 is 4.39 Å². The number of aryl methyl sites for hydroxylation is 4. The lowest BCUT2D eigenvalue weighted by molar-refractivity contribution is 0.627. The van der Waals surface area contributed by atoms with Crippen molar-refractivity contribution in [3.05, 3.63) is 113 Å². The van der Waals surface area contributed by atoms with Crippen LogP contribution in [0.15, 0.2) is 73.1 Å². The van der Waals surface area contributed by atoms with Gasteiger partial charge in [0.25, 0.3) is 0 Å². The standard InChI is InChI=1S/C28H28FN5/c1-18-6-7-19(2)33(18)27-14-23(15-28(31-27)34-20(3)8-9-21(34)4)22(5)24-16-30-32(17-24)26-12-10-25(29)11-13-26/h6-17,22H,1-5H3. The van der Waals surface area contributed by atoms with Crippen LogP contribution in [0.1, 0.15) is 46.7 Å². The predicted octanol–water partition coefficient (Wildman–Crippen LogP) is 6.37.